The van der Waals surface area contributed by atoms with E-state index in [1.165, 1.54) is 11.0 Å². The molecule has 4 atom stereocenters. The van der Waals surface area contributed by atoms with Gasteiger partial charge in [-0.2, -0.15) is 0 Å². The van der Waals surface area contributed by atoms with Crippen LogP contribution in [-0.2, 0) is 19.0 Å². The number of benzene rings is 2. The summed E-state index contributed by atoms with van der Waals surface area (Å²) in [6.45, 7) is 2.40. The number of likely N-dealkylation sites (tertiary alicyclic amines) is 1. The maximum absolute atomic E-state index is 13.8. The fourth-order valence-electron chi connectivity index (χ4n) is 7.37. The van der Waals surface area contributed by atoms with E-state index >= 15 is 0 Å². The van der Waals surface area contributed by atoms with Crippen molar-refractivity contribution in [2.45, 2.75) is 77.1 Å². The summed E-state index contributed by atoms with van der Waals surface area (Å²) >= 11 is 6.47. The molecule has 2 aromatic rings. The number of phenols is 1. The summed E-state index contributed by atoms with van der Waals surface area (Å²) < 4.78 is 6.21. The molecule has 0 aromatic heterocycles. The molecule has 3 N–H and O–H groups in total. The van der Waals surface area contributed by atoms with Gasteiger partial charge in [0.05, 0.1) is 23.0 Å². The van der Waals surface area contributed by atoms with Crippen molar-refractivity contribution in [2.75, 3.05) is 6.54 Å². The second kappa shape index (κ2) is 14.8. The normalized spacial score (nSPS) is 23.4. The van der Waals surface area contributed by atoms with E-state index < -0.39 is 31.0 Å². The summed E-state index contributed by atoms with van der Waals surface area (Å²) in [5, 5.41) is 30.1. The summed E-state index contributed by atoms with van der Waals surface area (Å²) in [6.07, 6.45) is 7.06. The highest BCUT2D eigenvalue weighted by molar-refractivity contribution is 6.43. The first kappa shape index (κ1) is 33.0. The second-order valence-electron chi connectivity index (χ2n) is 12.4. The van der Waals surface area contributed by atoms with E-state index in [1.54, 1.807) is 12.1 Å². The number of carbonyl (C=O) groups excluding carboxylic acids is 2. The van der Waals surface area contributed by atoms with Gasteiger partial charge < -0.3 is 19.9 Å². The monoisotopic (exact) mass is 633 g/mol. The minimum atomic E-state index is -1.05. The number of aromatic hydroxyl groups is 1. The molecule has 5 rings (SSSR count). The van der Waals surface area contributed by atoms with Crippen LogP contribution >= 0.6 is 11.6 Å². The Hall–Kier alpha value is -3.40. The summed E-state index contributed by atoms with van der Waals surface area (Å²) in [5.74, 6) is -2.31. The van der Waals surface area contributed by atoms with Crippen LogP contribution in [0.15, 0.2) is 59.7 Å². The molecule has 0 unspecified atom stereocenters. The van der Waals surface area contributed by atoms with Gasteiger partial charge >= 0.3 is 13.1 Å². The van der Waals surface area contributed by atoms with Crippen LogP contribution < -0.4 is 0 Å². The lowest BCUT2D eigenvalue weighted by Crippen LogP contribution is -2.46. The van der Waals surface area contributed by atoms with Crippen LogP contribution in [0, 0.1) is 17.8 Å². The molecule has 2 heterocycles. The first-order chi connectivity index (χ1) is 21.7. The minimum absolute atomic E-state index is 0.0747. The van der Waals surface area contributed by atoms with Crippen molar-refractivity contribution in [3.05, 3.63) is 75.8 Å². The third-order valence-corrected chi connectivity index (χ3v) is 9.68. The van der Waals surface area contributed by atoms with Crippen LogP contribution in [0.3, 0.4) is 0 Å². The molecule has 0 radical (unpaired) electrons. The molecule has 238 valence electrons. The maximum atomic E-state index is 13.8. The van der Waals surface area contributed by atoms with Gasteiger partial charge in [-0.1, -0.05) is 67.3 Å². The Morgan fingerprint density at radius 3 is 2.56 bits per heavy atom. The zero-order valence-electron chi connectivity index (χ0n) is 25.7. The molecule has 2 saturated heterocycles. The third-order valence-electron chi connectivity index (χ3n) is 9.36. The van der Waals surface area contributed by atoms with Crippen LogP contribution in [-0.4, -0.2) is 57.7 Å². The molecule has 2 fully saturated rings. The Labute approximate surface area is 269 Å². The van der Waals surface area contributed by atoms with Gasteiger partial charge in [0, 0.05) is 13.0 Å². The molecule has 0 bridgehead atoms. The van der Waals surface area contributed by atoms with Crippen molar-refractivity contribution in [1.82, 2.24) is 4.90 Å². The van der Waals surface area contributed by atoms with Gasteiger partial charge in [0.2, 0.25) is 11.8 Å². The number of carboxylic acids is 1. The predicted octanol–water partition coefficient (Wildman–Crippen LogP) is 6.61. The number of amides is 2. The Morgan fingerprint density at radius 2 is 1.84 bits per heavy atom. The zero-order chi connectivity index (χ0) is 32.1. The number of hydrogen-bond donors (Lipinski definition) is 3. The van der Waals surface area contributed by atoms with E-state index in [4.69, 9.17) is 21.4 Å². The average molecular weight is 634 g/mol. The number of allylic oxidation sites excluding steroid dienone is 2. The summed E-state index contributed by atoms with van der Waals surface area (Å²) in [5.41, 5.74) is 5.06. The van der Waals surface area contributed by atoms with Gasteiger partial charge in [-0.25, -0.2) is 0 Å². The molecule has 3 aliphatic rings. The highest BCUT2D eigenvalue weighted by atomic mass is 35.5. The topological polar surface area (TPSA) is 124 Å². The summed E-state index contributed by atoms with van der Waals surface area (Å²) in [6, 6.07) is 14.9. The van der Waals surface area contributed by atoms with Crippen molar-refractivity contribution in [3.63, 3.8) is 0 Å². The van der Waals surface area contributed by atoms with Crippen molar-refractivity contribution in [2.24, 2.45) is 17.8 Å². The Kier molecular flexibility index (Phi) is 10.8. The predicted molar refractivity (Wildman–Crippen MR) is 174 cm³/mol. The van der Waals surface area contributed by atoms with E-state index in [-0.39, 0.29) is 36.2 Å². The molecule has 0 spiro atoms. The largest absolute Gasteiger partial charge is 0.508 e. The molecule has 1 aliphatic carbocycles. The summed E-state index contributed by atoms with van der Waals surface area (Å²) in [7, 11) is -1.05. The van der Waals surface area contributed by atoms with Gasteiger partial charge in [-0.05, 0) is 97.3 Å². The van der Waals surface area contributed by atoms with Crippen LogP contribution in [0.4, 0.5) is 0 Å². The number of phenolic OH excluding ortho intramolecular Hbond substituents is 1. The lowest BCUT2D eigenvalue weighted by atomic mass is 9.58. The number of rotatable bonds is 13. The van der Waals surface area contributed by atoms with Crippen LogP contribution in [0.2, 0.25) is 11.3 Å². The number of aliphatic carboxylic acids is 1. The second-order valence-corrected chi connectivity index (χ2v) is 12.8. The van der Waals surface area contributed by atoms with Crippen LogP contribution in [0.1, 0.15) is 75.8 Å². The highest BCUT2D eigenvalue weighted by Crippen LogP contribution is 2.51. The molecule has 2 amide bonds. The maximum Gasteiger partial charge on any atom is 0.455 e. The third kappa shape index (κ3) is 7.54. The number of hydrogen-bond acceptors (Lipinski definition) is 6. The number of carbonyl (C=O) groups is 3. The zero-order valence-corrected chi connectivity index (χ0v) is 26.4. The molecule has 45 heavy (non-hydrogen) atoms. The Morgan fingerprint density at radius 1 is 1.07 bits per heavy atom. The van der Waals surface area contributed by atoms with E-state index in [0.717, 1.165) is 40.7 Å². The van der Waals surface area contributed by atoms with E-state index in [0.29, 0.717) is 50.1 Å². The smallest absolute Gasteiger partial charge is 0.455 e. The Balaban J connectivity index is 1.39. The fourth-order valence-corrected chi connectivity index (χ4v) is 7.60. The van der Waals surface area contributed by atoms with E-state index in [9.17, 15) is 24.5 Å². The number of fused-ring (bicyclic) bond motifs is 3. The lowest BCUT2D eigenvalue weighted by molar-refractivity contribution is -0.141. The number of nitrogens with zero attached hydrogens (tertiary/aromatic N) is 1. The van der Waals surface area contributed by atoms with Crippen molar-refractivity contribution in [1.29, 1.82) is 0 Å². The van der Waals surface area contributed by atoms with Gasteiger partial charge in [0.1, 0.15) is 5.75 Å². The Bertz CT molecular complexity index is 1480. The van der Waals surface area contributed by atoms with Gasteiger partial charge in [-0.15, -0.1) is 0 Å². The van der Waals surface area contributed by atoms with Gasteiger partial charge in [0.15, 0.2) is 0 Å². The minimum Gasteiger partial charge on any atom is -0.508 e. The first-order valence-corrected chi connectivity index (χ1v) is 16.4. The molecular formula is C35H41BClNO7. The lowest BCUT2D eigenvalue weighted by Gasteiger charge is -2.43. The molecule has 0 saturated carbocycles. The highest BCUT2D eigenvalue weighted by Gasteiger charge is 2.56. The molecule has 10 heteroatoms. The van der Waals surface area contributed by atoms with E-state index in [2.05, 4.69) is 6.92 Å². The number of imide groups is 1. The average Bonchev–Trinajstić information content (AvgIpc) is 3.24. The standard InChI is InChI=1S/C35H41BClNO7/c1-2-9-25-19-27-33(35(43)38(34(27)42)17-8-4-7-12-31(40)41)28-21-36(44)45-30(32(25)28)16-14-23(22-10-5-3-6-11-22)18-24-13-15-26(39)20-29(24)37/h3,5-6,10-11,13,15,18,20,27-28,30,33,39,44H,2,4,7-9,12,14,16-17,19,21H2,1H3,(H,40,41)/b23-18-/t27-,28+,30-,33-/m1/s1. The van der Waals surface area contributed by atoms with Crippen LogP contribution in [0.25, 0.3) is 11.6 Å². The SMILES string of the molecule is CCCC1=C2[C@@H](CC/C(=C/c3ccc(O)cc3Cl)c3ccccc3)OB(O)C[C@@H]2[C@@H]2C(=O)N(CCCCCC(=O)O)C(=O)[C@@H]2C1. The number of halogens is 1. The molecular weight excluding hydrogens is 593 g/mol. The van der Waals surface area contributed by atoms with Crippen LogP contribution in [0.5, 0.6) is 5.75 Å². The quantitative estimate of drug-likeness (QED) is 0.0746. The molecule has 2 aromatic carbocycles. The van der Waals surface area contributed by atoms with E-state index in [1.807, 2.05) is 36.4 Å². The first-order valence-electron chi connectivity index (χ1n) is 16.0. The van der Waals surface area contributed by atoms with Gasteiger partial charge in [0.25, 0.3) is 0 Å². The summed E-state index contributed by atoms with van der Waals surface area (Å²) in [4.78, 5) is 39.6. The van der Waals surface area contributed by atoms with Gasteiger partial charge in [-0.3, -0.25) is 19.3 Å². The van der Waals surface area contributed by atoms with Crippen molar-refractivity contribution < 1.29 is 34.3 Å². The number of carboxylic acid groups (broad SMARTS) is 1. The molecule has 2 aliphatic heterocycles. The van der Waals surface area contributed by atoms with Crippen molar-refractivity contribution >= 4 is 48.2 Å². The van der Waals surface area contributed by atoms with Crippen molar-refractivity contribution in [3.8, 4) is 5.75 Å². The molecule has 8 nitrogen and oxygen atoms in total. The fraction of sp³-hybridized carbons (Fsp3) is 0.457. The number of unbranched alkanes of at least 4 members (excludes halogenated alkanes) is 2.